The lowest BCUT2D eigenvalue weighted by Gasteiger charge is -2.26. The molecule has 5 N–H and O–H groups in total. The maximum atomic E-state index is 8.85. The first-order chi connectivity index (χ1) is 6.10. The second kappa shape index (κ2) is 6.62. The molecule has 0 saturated carbocycles. The molecule has 0 saturated heterocycles. The predicted molar refractivity (Wildman–Crippen MR) is 45.6 cm³/mol. The Morgan fingerprint density at radius 1 is 1.00 bits per heavy atom. The molecule has 0 aromatic carbocycles. The molecule has 0 heterocycles. The fourth-order valence-electron chi connectivity index (χ4n) is 0.731. The van der Waals surface area contributed by atoms with Gasteiger partial charge in [-0.3, -0.25) is 0 Å². The number of hydrogen-bond donors (Lipinski definition) is 5. The van der Waals surface area contributed by atoms with Crippen molar-refractivity contribution >= 4 is 8.60 Å². The van der Waals surface area contributed by atoms with E-state index < -0.39 is 14.0 Å². The summed E-state index contributed by atoms with van der Waals surface area (Å²) in [5.74, 6) is 0. The quantitative estimate of drug-likeness (QED) is 0.332. The molecule has 0 aliphatic heterocycles. The smallest absolute Gasteiger partial charge is 0.327 e. The molecule has 0 spiro atoms. The highest BCUT2D eigenvalue weighted by Crippen LogP contribution is 2.27. The Morgan fingerprint density at radius 2 is 1.46 bits per heavy atom. The Kier molecular flexibility index (Phi) is 6.71. The van der Waals surface area contributed by atoms with Crippen LogP contribution in [-0.2, 0) is 4.52 Å². The molecule has 0 aliphatic rings. The molecule has 0 radical (unpaired) electrons. The van der Waals surface area contributed by atoms with Crippen molar-refractivity contribution in [2.24, 2.45) is 5.41 Å². The number of hydrogen-bond acceptors (Lipinski definition) is 6. The predicted octanol–water partition coefficient (Wildman–Crippen LogP) is -1.43. The summed E-state index contributed by atoms with van der Waals surface area (Å²) in [6, 6.07) is 0. The Hall–Kier alpha value is 0.190. The maximum absolute atomic E-state index is 8.85. The van der Waals surface area contributed by atoms with Crippen molar-refractivity contribution < 1.29 is 29.6 Å². The van der Waals surface area contributed by atoms with E-state index >= 15 is 0 Å². The molecular weight excluding hydrogens is 199 g/mol. The van der Waals surface area contributed by atoms with Gasteiger partial charge in [-0.25, -0.2) is 0 Å². The van der Waals surface area contributed by atoms with E-state index in [1.807, 2.05) is 0 Å². The van der Waals surface area contributed by atoms with Crippen LogP contribution in [0.25, 0.3) is 0 Å². The van der Waals surface area contributed by atoms with Crippen molar-refractivity contribution in [1.82, 2.24) is 0 Å². The summed E-state index contributed by atoms with van der Waals surface area (Å²) in [6.07, 6.45) is 0.163. The van der Waals surface area contributed by atoms with Gasteiger partial charge in [0.15, 0.2) is 0 Å². The summed E-state index contributed by atoms with van der Waals surface area (Å²) in [4.78, 5) is 16.8. The lowest BCUT2D eigenvalue weighted by atomic mass is 9.88. The molecule has 6 nitrogen and oxygen atoms in total. The van der Waals surface area contributed by atoms with Crippen LogP contribution in [0.3, 0.4) is 0 Å². The average Bonchev–Trinajstić information content (AvgIpc) is 2.13. The lowest BCUT2D eigenvalue weighted by Crippen LogP contribution is -2.35. The zero-order chi connectivity index (χ0) is 10.3. The Bertz CT molecular complexity index is 118. The van der Waals surface area contributed by atoms with Gasteiger partial charge in [0.1, 0.15) is 0 Å². The van der Waals surface area contributed by atoms with Gasteiger partial charge in [-0.15, -0.1) is 0 Å². The van der Waals surface area contributed by atoms with Crippen molar-refractivity contribution in [2.75, 3.05) is 26.4 Å². The van der Waals surface area contributed by atoms with Crippen LogP contribution in [0.5, 0.6) is 0 Å². The largest absolute Gasteiger partial charge is 0.396 e. The van der Waals surface area contributed by atoms with Gasteiger partial charge in [-0.05, 0) is 6.42 Å². The number of rotatable bonds is 7. The van der Waals surface area contributed by atoms with Gasteiger partial charge in [-0.2, -0.15) is 0 Å². The van der Waals surface area contributed by atoms with Crippen molar-refractivity contribution in [2.45, 2.75) is 6.42 Å². The zero-order valence-electron chi connectivity index (χ0n) is 7.13. The Labute approximate surface area is 77.4 Å². The SMILES string of the molecule is OCC(CO)(CO)CCOP(O)O. The average molecular weight is 214 g/mol. The molecule has 7 heteroatoms. The fraction of sp³-hybridized carbons (Fsp3) is 1.00. The summed E-state index contributed by atoms with van der Waals surface area (Å²) < 4.78 is 4.45. The molecule has 0 amide bonds. The summed E-state index contributed by atoms with van der Waals surface area (Å²) in [5.41, 5.74) is -1.01. The third-order valence-corrected chi connectivity index (χ3v) is 2.26. The molecule has 0 unspecified atom stereocenters. The van der Waals surface area contributed by atoms with Crippen LogP contribution in [0.15, 0.2) is 0 Å². The van der Waals surface area contributed by atoms with E-state index in [-0.39, 0.29) is 32.8 Å². The molecule has 0 aromatic rings. The number of aliphatic hydroxyl groups is 3. The summed E-state index contributed by atoms with van der Waals surface area (Å²) >= 11 is 0. The van der Waals surface area contributed by atoms with Gasteiger partial charge >= 0.3 is 8.60 Å². The zero-order valence-corrected chi connectivity index (χ0v) is 8.02. The Balaban J connectivity index is 3.81. The topological polar surface area (TPSA) is 110 Å². The van der Waals surface area contributed by atoms with Crippen LogP contribution >= 0.6 is 8.60 Å². The lowest BCUT2D eigenvalue weighted by molar-refractivity contribution is -0.00971. The van der Waals surface area contributed by atoms with E-state index in [2.05, 4.69) is 4.52 Å². The molecule has 80 valence electrons. The van der Waals surface area contributed by atoms with Gasteiger partial charge in [-0.1, -0.05) is 0 Å². The van der Waals surface area contributed by atoms with Crippen LogP contribution in [0.2, 0.25) is 0 Å². The van der Waals surface area contributed by atoms with Crippen molar-refractivity contribution in [3.63, 3.8) is 0 Å². The minimum absolute atomic E-state index is 0.0274. The van der Waals surface area contributed by atoms with E-state index in [4.69, 9.17) is 25.1 Å². The third-order valence-electron chi connectivity index (χ3n) is 1.85. The summed E-state index contributed by atoms with van der Waals surface area (Å²) in [7, 11) is -2.41. The van der Waals surface area contributed by atoms with E-state index in [0.29, 0.717) is 0 Å². The van der Waals surface area contributed by atoms with Gasteiger partial charge in [0, 0.05) is 5.41 Å². The highest BCUT2D eigenvalue weighted by atomic mass is 31.2. The molecule has 0 aliphatic carbocycles. The first-order valence-electron chi connectivity index (χ1n) is 3.73. The minimum Gasteiger partial charge on any atom is -0.396 e. The molecule has 0 rings (SSSR count). The second-order valence-electron chi connectivity index (χ2n) is 2.81. The monoisotopic (exact) mass is 214 g/mol. The summed E-state index contributed by atoms with van der Waals surface area (Å²) in [5, 5.41) is 26.5. The normalized spacial score (nSPS) is 12.5. The van der Waals surface area contributed by atoms with Gasteiger partial charge in [0.25, 0.3) is 0 Å². The second-order valence-corrected chi connectivity index (χ2v) is 3.57. The first-order valence-corrected chi connectivity index (χ1v) is 4.90. The van der Waals surface area contributed by atoms with Crippen LogP contribution in [0.4, 0.5) is 0 Å². The standard InChI is InChI=1S/C6H15O6P/c7-3-6(4-8,5-9)1-2-12-13(10)11/h7-11H,1-5H2. The Morgan fingerprint density at radius 3 is 1.77 bits per heavy atom. The van der Waals surface area contributed by atoms with Crippen molar-refractivity contribution in [3.05, 3.63) is 0 Å². The van der Waals surface area contributed by atoms with Gasteiger partial charge in [0.05, 0.1) is 26.4 Å². The highest BCUT2D eigenvalue weighted by Gasteiger charge is 2.27. The van der Waals surface area contributed by atoms with Crippen LogP contribution in [0, 0.1) is 5.41 Å². The maximum Gasteiger partial charge on any atom is 0.327 e. The van der Waals surface area contributed by atoms with Crippen LogP contribution in [-0.4, -0.2) is 51.5 Å². The van der Waals surface area contributed by atoms with E-state index in [0.717, 1.165) is 0 Å². The highest BCUT2D eigenvalue weighted by molar-refractivity contribution is 7.39. The van der Waals surface area contributed by atoms with E-state index in [9.17, 15) is 0 Å². The van der Waals surface area contributed by atoms with Crippen LogP contribution < -0.4 is 0 Å². The minimum atomic E-state index is -2.41. The van der Waals surface area contributed by atoms with Gasteiger partial charge in [0.2, 0.25) is 0 Å². The molecule has 0 bridgehead atoms. The van der Waals surface area contributed by atoms with E-state index in [1.54, 1.807) is 0 Å². The molecular formula is C6H15O6P. The molecule has 13 heavy (non-hydrogen) atoms. The number of aliphatic hydroxyl groups excluding tert-OH is 3. The van der Waals surface area contributed by atoms with Crippen molar-refractivity contribution in [3.8, 4) is 0 Å². The first kappa shape index (κ1) is 13.2. The summed E-state index contributed by atoms with van der Waals surface area (Å²) in [6.45, 7) is -1.16. The molecule has 0 fully saturated rings. The van der Waals surface area contributed by atoms with Crippen LogP contribution in [0.1, 0.15) is 6.42 Å². The molecule has 0 atom stereocenters. The molecule has 0 aromatic heterocycles. The third kappa shape index (κ3) is 4.83. The van der Waals surface area contributed by atoms with E-state index in [1.165, 1.54) is 0 Å². The van der Waals surface area contributed by atoms with Gasteiger partial charge < -0.3 is 29.6 Å². The van der Waals surface area contributed by atoms with Crippen molar-refractivity contribution in [1.29, 1.82) is 0 Å². The fourth-order valence-corrected chi connectivity index (χ4v) is 0.986.